The summed E-state index contributed by atoms with van der Waals surface area (Å²) in [5.74, 6) is 0. The molecule has 0 spiro atoms. The lowest BCUT2D eigenvalue weighted by molar-refractivity contribution is 0.531. The number of hydrogen-bond acceptors (Lipinski definition) is 6. The predicted molar refractivity (Wildman–Crippen MR) is 137 cm³/mol. The van der Waals surface area contributed by atoms with Gasteiger partial charge < -0.3 is 31.2 Å². The van der Waals surface area contributed by atoms with Gasteiger partial charge in [-0.05, 0) is 116 Å². The lowest BCUT2D eigenvalue weighted by Crippen LogP contribution is -2.46. The Bertz CT molecular complexity index is 364. The first kappa shape index (κ1) is 30.8. The van der Waals surface area contributed by atoms with Gasteiger partial charge in [0, 0.05) is 0 Å². The molecule has 0 amide bonds. The fourth-order valence-electron chi connectivity index (χ4n) is 3.45. The molecule has 0 aromatic rings. The molecule has 0 bridgehead atoms. The summed E-state index contributed by atoms with van der Waals surface area (Å²) < 4.78 is 12.6. The van der Waals surface area contributed by atoms with Crippen LogP contribution in [-0.2, 0) is 8.23 Å². The third kappa shape index (κ3) is 18.6. The second-order valence-corrected chi connectivity index (χ2v) is 27.8. The Balaban J connectivity index is 0. The van der Waals surface area contributed by atoms with E-state index in [1.54, 1.807) is 0 Å². The summed E-state index contributed by atoms with van der Waals surface area (Å²) in [4.78, 5) is 0. The standard InChI is InChI=1S/C10H28N2OSi2.C8H24N2OSi2/c1-14(2,9-5-7-11)13-15(3,4)10-6-8-12;1-12(2,7-5-9)11-13(3,4)8-6-10/h5-12H2,1-4H3;5-10H2,1-4H3. The Morgan fingerprint density at radius 2 is 0.679 bits per heavy atom. The van der Waals surface area contributed by atoms with Crippen molar-refractivity contribution in [1.82, 2.24) is 0 Å². The summed E-state index contributed by atoms with van der Waals surface area (Å²) in [7, 11) is -5.93. The molecule has 28 heavy (non-hydrogen) atoms. The quantitative estimate of drug-likeness (QED) is 0.290. The van der Waals surface area contributed by atoms with Crippen LogP contribution in [0.25, 0.3) is 0 Å². The molecule has 0 aromatic carbocycles. The highest BCUT2D eigenvalue weighted by molar-refractivity contribution is 6.85. The molecule has 0 aromatic heterocycles. The summed E-state index contributed by atoms with van der Waals surface area (Å²) in [6.45, 7) is 21.2. The molecule has 6 nitrogen and oxygen atoms in total. The van der Waals surface area contributed by atoms with Gasteiger partial charge in [-0.25, -0.2) is 0 Å². The van der Waals surface area contributed by atoms with E-state index in [4.69, 9.17) is 31.2 Å². The molecule has 0 saturated heterocycles. The maximum absolute atomic E-state index is 6.40. The van der Waals surface area contributed by atoms with Crippen molar-refractivity contribution in [2.75, 3.05) is 26.2 Å². The molecule has 8 N–H and O–H groups in total. The highest BCUT2D eigenvalue weighted by atomic mass is 28.4. The second kappa shape index (κ2) is 14.6. The largest absolute Gasteiger partial charge is 0.455 e. The summed E-state index contributed by atoms with van der Waals surface area (Å²) in [6.07, 6.45) is 2.20. The molecular formula is C18H52N4O2Si4. The van der Waals surface area contributed by atoms with Gasteiger partial charge in [0.25, 0.3) is 0 Å². The first-order valence-electron chi connectivity index (χ1n) is 10.9. The minimum Gasteiger partial charge on any atom is -0.455 e. The third-order valence-electron chi connectivity index (χ3n) is 4.56. The summed E-state index contributed by atoms with van der Waals surface area (Å²) >= 11 is 0. The second-order valence-electron chi connectivity index (χ2n) is 10.1. The maximum Gasteiger partial charge on any atom is 0.174 e. The highest BCUT2D eigenvalue weighted by Crippen LogP contribution is 2.23. The van der Waals surface area contributed by atoms with Gasteiger partial charge in [0.05, 0.1) is 0 Å². The van der Waals surface area contributed by atoms with E-state index >= 15 is 0 Å². The third-order valence-corrected chi connectivity index (χ3v) is 19.5. The molecule has 0 aliphatic heterocycles. The first-order valence-corrected chi connectivity index (χ1v) is 23.3. The summed E-state index contributed by atoms with van der Waals surface area (Å²) in [6, 6.07) is 4.47. The lowest BCUT2D eigenvalue weighted by Gasteiger charge is -2.34. The van der Waals surface area contributed by atoms with E-state index < -0.39 is 33.3 Å². The van der Waals surface area contributed by atoms with Crippen molar-refractivity contribution in [1.29, 1.82) is 0 Å². The molecule has 0 radical (unpaired) electrons. The minimum atomic E-state index is -1.49. The van der Waals surface area contributed by atoms with Crippen LogP contribution >= 0.6 is 0 Å². The summed E-state index contributed by atoms with van der Waals surface area (Å²) in [5.41, 5.74) is 22.2. The SMILES string of the molecule is C[Si](C)(CCCN)O[Si](C)(C)CCCN.C[Si](C)(CCN)O[Si](C)(C)CCN. The molecule has 0 rings (SSSR count). The maximum atomic E-state index is 6.40. The van der Waals surface area contributed by atoms with Gasteiger partial charge in [0.15, 0.2) is 33.3 Å². The van der Waals surface area contributed by atoms with Crippen LogP contribution in [0.4, 0.5) is 0 Å². The van der Waals surface area contributed by atoms with E-state index in [0.717, 1.165) is 51.1 Å². The van der Waals surface area contributed by atoms with E-state index in [9.17, 15) is 0 Å². The van der Waals surface area contributed by atoms with E-state index in [-0.39, 0.29) is 0 Å². The van der Waals surface area contributed by atoms with Crippen LogP contribution in [0.2, 0.25) is 76.6 Å². The Morgan fingerprint density at radius 1 is 0.429 bits per heavy atom. The molecular weight excluding hydrogens is 417 g/mol. The van der Waals surface area contributed by atoms with E-state index in [1.165, 1.54) is 12.1 Å². The zero-order valence-electron chi connectivity index (χ0n) is 20.2. The summed E-state index contributed by atoms with van der Waals surface area (Å²) in [5, 5.41) is 0. The lowest BCUT2D eigenvalue weighted by atomic mass is 10.5. The van der Waals surface area contributed by atoms with Gasteiger partial charge >= 0.3 is 0 Å². The van der Waals surface area contributed by atoms with Crippen molar-refractivity contribution in [3.8, 4) is 0 Å². The Morgan fingerprint density at radius 3 is 0.893 bits per heavy atom. The minimum absolute atomic E-state index is 0.742. The Kier molecular flexibility index (Phi) is 16.1. The van der Waals surface area contributed by atoms with Crippen LogP contribution in [0, 0.1) is 0 Å². The molecule has 0 heterocycles. The van der Waals surface area contributed by atoms with Crippen LogP contribution in [0.15, 0.2) is 0 Å². The fourth-order valence-corrected chi connectivity index (χ4v) is 20.6. The van der Waals surface area contributed by atoms with Gasteiger partial charge in [-0.1, -0.05) is 0 Å². The predicted octanol–water partition coefficient (Wildman–Crippen LogP) is 3.44. The molecule has 0 saturated carbocycles. The normalized spacial score (nSPS) is 13.3. The van der Waals surface area contributed by atoms with Gasteiger partial charge in [-0.15, -0.1) is 0 Å². The smallest absolute Gasteiger partial charge is 0.174 e. The van der Waals surface area contributed by atoms with Gasteiger partial charge in [-0.3, -0.25) is 0 Å². The first-order chi connectivity index (χ1) is 12.7. The topological polar surface area (TPSA) is 123 Å². The molecule has 0 aliphatic carbocycles. The van der Waals surface area contributed by atoms with Crippen LogP contribution in [-0.4, -0.2) is 59.4 Å². The molecule has 0 unspecified atom stereocenters. The molecule has 172 valence electrons. The fraction of sp³-hybridized carbons (Fsp3) is 1.00. The van der Waals surface area contributed by atoms with E-state index in [2.05, 4.69) is 52.4 Å². The molecule has 10 heteroatoms. The average molecular weight is 469 g/mol. The van der Waals surface area contributed by atoms with Crippen LogP contribution < -0.4 is 22.9 Å². The zero-order chi connectivity index (χ0) is 22.5. The van der Waals surface area contributed by atoms with Crippen molar-refractivity contribution in [2.24, 2.45) is 22.9 Å². The van der Waals surface area contributed by atoms with Crippen LogP contribution in [0.1, 0.15) is 12.8 Å². The van der Waals surface area contributed by atoms with Crippen LogP contribution in [0.5, 0.6) is 0 Å². The average Bonchev–Trinajstić information content (AvgIpc) is 2.49. The molecule has 0 fully saturated rings. The Hall–Kier alpha value is 0.628. The van der Waals surface area contributed by atoms with Crippen molar-refractivity contribution >= 4 is 33.3 Å². The van der Waals surface area contributed by atoms with Crippen molar-refractivity contribution in [3.05, 3.63) is 0 Å². The Labute approximate surface area is 180 Å². The number of hydrogen-bond donors (Lipinski definition) is 4. The number of rotatable bonds is 14. The van der Waals surface area contributed by atoms with E-state index in [0.29, 0.717) is 0 Å². The monoisotopic (exact) mass is 468 g/mol. The molecule has 0 atom stereocenters. The zero-order valence-corrected chi connectivity index (χ0v) is 24.2. The van der Waals surface area contributed by atoms with Gasteiger partial charge in [-0.2, -0.15) is 0 Å². The van der Waals surface area contributed by atoms with Gasteiger partial charge in [0.1, 0.15) is 0 Å². The highest BCUT2D eigenvalue weighted by Gasteiger charge is 2.32. The number of nitrogens with two attached hydrogens (primary N) is 4. The molecule has 0 aliphatic rings. The van der Waals surface area contributed by atoms with Crippen molar-refractivity contribution in [2.45, 2.75) is 89.4 Å². The van der Waals surface area contributed by atoms with Crippen molar-refractivity contribution < 1.29 is 8.23 Å². The van der Waals surface area contributed by atoms with Crippen molar-refractivity contribution in [3.63, 3.8) is 0 Å². The van der Waals surface area contributed by atoms with E-state index in [1.807, 2.05) is 0 Å². The van der Waals surface area contributed by atoms with Crippen LogP contribution in [0.3, 0.4) is 0 Å². The van der Waals surface area contributed by atoms with Gasteiger partial charge in [0.2, 0.25) is 0 Å².